The van der Waals surface area contributed by atoms with Gasteiger partial charge in [-0.3, -0.25) is 4.79 Å². The Morgan fingerprint density at radius 1 is 1.27 bits per heavy atom. The highest BCUT2D eigenvalue weighted by molar-refractivity contribution is 5.84. The van der Waals surface area contributed by atoms with Crippen LogP contribution in [-0.4, -0.2) is 44.3 Å². The number of carboxylic acids is 2. The van der Waals surface area contributed by atoms with Gasteiger partial charge in [0.1, 0.15) is 6.04 Å². The summed E-state index contributed by atoms with van der Waals surface area (Å²) in [5.41, 5.74) is 0.0708. The molecule has 0 amide bonds. The number of aliphatic carboxylic acids is 1. The van der Waals surface area contributed by atoms with Crippen molar-refractivity contribution >= 4 is 11.9 Å². The quantitative estimate of drug-likeness (QED) is 0.768. The maximum atomic E-state index is 11.1. The lowest BCUT2D eigenvalue weighted by atomic mass is 9.69. The Morgan fingerprint density at radius 2 is 2.09 bits per heavy atom. The van der Waals surface area contributed by atoms with Crippen molar-refractivity contribution in [3.8, 4) is 0 Å². The highest BCUT2D eigenvalue weighted by atomic mass is 16.4. The van der Waals surface area contributed by atoms with Gasteiger partial charge in [-0.25, -0.2) is 9.78 Å². The maximum Gasteiger partial charge on any atom is 0.356 e. The molecule has 1 aromatic rings. The zero-order chi connectivity index (χ0) is 15.7. The lowest BCUT2D eigenvalue weighted by Crippen LogP contribution is -2.49. The molecule has 7 nitrogen and oxygen atoms in total. The van der Waals surface area contributed by atoms with E-state index in [2.05, 4.69) is 10.3 Å². The van der Waals surface area contributed by atoms with E-state index in [1.807, 2.05) is 4.57 Å². The molecular formula is C15H21N3O4. The van der Waals surface area contributed by atoms with Crippen molar-refractivity contribution in [2.75, 3.05) is 6.54 Å². The summed E-state index contributed by atoms with van der Waals surface area (Å²) in [5.74, 6) is -0.288. The molecular weight excluding hydrogens is 286 g/mol. The SMILES string of the molecule is O=C(O)c1cn(CC2CCC3CN[C@H](C(=O)O)CC3C2)cn1. The summed E-state index contributed by atoms with van der Waals surface area (Å²) in [6.07, 6.45) is 7.04. The molecule has 22 heavy (non-hydrogen) atoms. The van der Waals surface area contributed by atoms with Gasteiger partial charge in [0.05, 0.1) is 6.33 Å². The van der Waals surface area contributed by atoms with Gasteiger partial charge in [-0.1, -0.05) is 0 Å². The molecule has 2 aliphatic rings. The number of aromatic carboxylic acids is 1. The fraction of sp³-hybridized carbons (Fsp3) is 0.667. The van der Waals surface area contributed by atoms with Crippen molar-refractivity contribution in [1.82, 2.24) is 14.9 Å². The molecule has 1 saturated heterocycles. The van der Waals surface area contributed by atoms with Crippen molar-refractivity contribution in [2.24, 2.45) is 17.8 Å². The first kappa shape index (κ1) is 15.0. The first-order chi connectivity index (χ1) is 10.5. The van der Waals surface area contributed by atoms with Crippen LogP contribution in [0.3, 0.4) is 0 Å². The molecule has 3 unspecified atom stereocenters. The van der Waals surface area contributed by atoms with Gasteiger partial charge in [0.15, 0.2) is 5.69 Å². The van der Waals surface area contributed by atoms with E-state index < -0.39 is 18.0 Å². The van der Waals surface area contributed by atoms with Gasteiger partial charge in [-0.15, -0.1) is 0 Å². The minimum atomic E-state index is -1.01. The number of rotatable bonds is 4. The fourth-order valence-corrected chi connectivity index (χ4v) is 3.88. The summed E-state index contributed by atoms with van der Waals surface area (Å²) >= 11 is 0. The van der Waals surface area contributed by atoms with Crippen LogP contribution in [0.15, 0.2) is 12.5 Å². The molecule has 3 N–H and O–H groups in total. The molecule has 2 heterocycles. The average molecular weight is 307 g/mol. The van der Waals surface area contributed by atoms with Crippen LogP contribution < -0.4 is 5.32 Å². The van der Waals surface area contributed by atoms with Crippen molar-refractivity contribution in [2.45, 2.75) is 38.3 Å². The van der Waals surface area contributed by atoms with Gasteiger partial charge in [-0.2, -0.15) is 0 Å². The summed E-state index contributed by atoms with van der Waals surface area (Å²) in [5, 5.41) is 21.2. The molecule has 4 atom stereocenters. The van der Waals surface area contributed by atoms with Crippen LogP contribution in [0.25, 0.3) is 0 Å². The molecule has 0 spiro atoms. The van der Waals surface area contributed by atoms with Crippen molar-refractivity contribution in [3.05, 3.63) is 18.2 Å². The standard InChI is InChI=1S/C15H21N3O4/c19-14(20)12-4-11-3-9(1-2-10(11)5-16-12)6-18-7-13(15(21)22)17-8-18/h7-12,16H,1-6H2,(H,19,20)(H,21,22)/t9?,10?,11?,12-/m0/s1. The summed E-state index contributed by atoms with van der Waals surface area (Å²) in [4.78, 5) is 25.9. The summed E-state index contributed by atoms with van der Waals surface area (Å²) in [6, 6.07) is -0.424. The fourth-order valence-electron chi connectivity index (χ4n) is 3.88. The number of imidazole rings is 1. The Morgan fingerprint density at radius 3 is 2.77 bits per heavy atom. The predicted octanol–water partition coefficient (Wildman–Crippen LogP) is 1.06. The van der Waals surface area contributed by atoms with E-state index in [-0.39, 0.29) is 5.69 Å². The smallest absolute Gasteiger partial charge is 0.356 e. The molecule has 3 rings (SSSR count). The number of carbonyl (C=O) groups is 2. The number of nitrogens with one attached hydrogen (secondary N) is 1. The molecule has 7 heteroatoms. The Bertz CT molecular complexity index is 571. The van der Waals surface area contributed by atoms with E-state index >= 15 is 0 Å². The maximum absolute atomic E-state index is 11.1. The van der Waals surface area contributed by atoms with Gasteiger partial charge >= 0.3 is 11.9 Å². The van der Waals surface area contributed by atoms with E-state index in [0.717, 1.165) is 32.4 Å². The van der Waals surface area contributed by atoms with Gasteiger partial charge < -0.3 is 20.1 Å². The van der Waals surface area contributed by atoms with Crippen LogP contribution in [0.2, 0.25) is 0 Å². The number of aromatic nitrogens is 2. The number of carboxylic acid groups (broad SMARTS) is 2. The lowest BCUT2D eigenvalue weighted by Gasteiger charge is -2.41. The lowest BCUT2D eigenvalue weighted by molar-refractivity contribution is -0.141. The van der Waals surface area contributed by atoms with Crippen molar-refractivity contribution in [3.63, 3.8) is 0 Å². The molecule has 1 aliphatic heterocycles. The highest BCUT2D eigenvalue weighted by Crippen LogP contribution is 2.39. The molecule has 2 fully saturated rings. The van der Waals surface area contributed by atoms with Gasteiger partial charge in [-0.05, 0) is 50.0 Å². The Labute approximate surface area is 128 Å². The first-order valence-electron chi connectivity index (χ1n) is 7.74. The minimum absolute atomic E-state index is 0.0708. The summed E-state index contributed by atoms with van der Waals surface area (Å²) < 4.78 is 1.84. The average Bonchev–Trinajstić information content (AvgIpc) is 2.95. The zero-order valence-electron chi connectivity index (χ0n) is 12.3. The molecule has 0 radical (unpaired) electrons. The van der Waals surface area contributed by atoms with Gasteiger partial charge in [0.25, 0.3) is 0 Å². The number of nitrogens with zero attached hydrogens (tertiary/aromatic N) is 2. The number of fused-ring (bicyclic) bond motifs is 1. The largest absolute Gasteiger partial charge is 0.480 e. The third kappa shape index (κ3) is 3.14. The Hall–Kier alpha value is -1.89. The number of hydrogen-bond donors (Lipinski definition) is 3. The van der Waals surface area contributed by atoms with Gasteiger partial charge in [0, 0.05) is 12.7 Å². The van der Waals surface area contributed by atoms with Crippen molar-refractivity contribution in [1.29, 1.82) is 0 Å². The van der Waals surface area contributed by atoms with Crippen molar-refractivity contribution < 1.29 is 19.8 Å². The van der Waals surface area contributed by atoms with Crippen LogP contribution in [0.4, 0.5) is 0 Å². The van der Waals surface area contributed by atoms with Gasteiger partial charge in [0.2, 0.25) is 0 Å². The third-order valence-electron chi connectivity index (χ3n) is 5.03. The summed E-state index contributed by atoms with van der Waals surface area (Å²) in [7, 11) is 0. The molecule has 0 aromatic carbocycles. The van der Waals surface area contributed by atoms with E-state index in [4.69, 9.17) is 10.2 Å². The molecule has 1 saturated carbocycles. The summed E-state index contributed by atoms with van der Waals surface area (Å²) in [6.45, 7) is 1.55. The van der Waals surface area contributed by atoms with E-state index in [1.54, 1.807) is 12.5 Å². The number of piperidine rings is 1. The second kappa shape index (κ2) is 6.08. The molecule has 1 aromatic heterocycles. The molecule has 1 aliphatic carbocycles. The van der Waals surface area contributed by atoms with E-state index in [9.17, 15) is 9.59 Å². The number of hydrogen-bond acceptors (Lipinski definition) is 4. The Balaban J connectivity index is 1.59. The third-order valence-corrected chi connectivity index (χ3v) is 5.03. The van der Waals surface area contributed by atoms with Crippen LogP contribution in [-0.2, 0) is 11.3 Å². The second-order valence-electron chi connectivity index (χ2n) is 6.49. The normalized spacial score (nSPS) is 31.5. The highest BCUT2D eigenvalue weighted by Gasteiger charge is 2.37. The van der Waals surface area contributed by atoms with Crippen LogP contribution in [0, 0.1) is 17.8 Å². The van der Waals surface area contributed by atoms with Crippen LogP contribution >= 0.6 is 0 Å². The van der Waals surface area contributed by atoms with Crippen LogP contribution in [0.1, 0.15) is 36.2 Å². The Kier molecular flexibility index (Phi) is 4.15. The van der Waals surface area contributed by atoms with E-state index in [1.165, 1.54) is 0 Å². The van der Waals surface area contributed by atoms with E-state index in [0.29, 0.717) is 24.2 Å². The molecule has 120 valence electrons. The molecule has 0 bridgehead atoms. The predicted molar refractivity (Wildman–Crippen MR) is 77.6 cm³/mol. The minimum Gasteiger partial charge on any atom is -0.480 e. The monoisotopic (exact) mass is 307 g/mol. The topological polar surface area (TPSA) is 104 Å². The first-order valence-corrected chi connectivity index (χ1v) is 7.74. The van der Waals surface area contributed by atoms with Crippen LogP contribution in [0.5, 0.6) is 0 Å². The zero-order valence-corrected chi connectivity index (χ0v) is 12.3. The second-order valence-corrected chi connectivity index (χ2v) is 6.49.